The SMILES string of the molecule is NCC(NC(=O)c1cc(O)cc(O)c1)C1CCCCC1. The fraction of sp³-hybridized carbons (Fsp3) is 0.533. The van der Waals surface area contributed by atoms with Crippen LogP contribution in [0.15, 0.2) is 18.2 Å². The zero-order valence-corrected chi connectivity index (χ0v) is 11.5. The van der Waals surface area contributed by atoms with Crippen molar-refractivity contribution in [3.05, 3.63) is 23.8 Å². The Hall–Kier alpha value is -1.75. The van der Waals surface area contributed by atoms with E-state index in [1.54, 1.807) is 0 Å². The zero-order chi connectivity index (χ0) is 14.5. The van der Waals surface area contributed by atoms with Gasteiger partial charge in [0, 0.05) is 24.2 Å². The van der Waals surface area contributed by atoms with E-state index in [2.05, 4.69) is 5.32 Å². The highest BCUT2D eigenvalue weighted by Crippen LogP contribution is 2.26. The Labute approximate surface area is 118 Å². The van der Waals surface area contributed by atoms with Crippen LogP contribution in [0, 0.1) is 5.92 Å². The number of amides is 1. The van der Waals surface area contributed by atoms with E-state index in [9.17, 15) is 15.0 Å². The maximum absolute atomic E-state index is 12.2. The van der Waals surface area contributed by atoms with Gasteiger partial charge in [0.05, 0.1) is 0 Å². The topological polar surface area (TPSA) is 95.6 Å². The summed E-state index contributed by atoms with van der Waals surface area (Å²) < 4.78 is 0. The molecule has 1 aromatic carbocycles. The van der Waals surface area contributed by atoms with Crippen molar-refractivity contribution < 1.29 is 15.0 Å². The minimum Gasteiger partial charge on any atom is -0.508 e. The standard InChI is InChI=1S/C15H22N2O3/c16-9-14(10-4-2-1-3-5-10)17-15(20)11-6-12(18)8-13(19)7-11/h6-8,10,14,18-19H,1-5,9,16H2,(H,17,20). The van der Waals surface area contributed by atoms with Crippen LogP contribution in [0.3, 0.4) is 0 Å². The molecule has 0 spiro atoms. The van der Waals surface area contributed by atoms with E-state index >= 15 is 0 Å². The maximum Gasteiger partial charge on any atom is 0.251 e. The van der Waals surface area contributed by atoms with Crippen LogP contribution in [-0.2, 0) is 0 Å². The Kier molecular flexibility index (Phi) is 4.84. The molecule has 0 aliphatic heterocycles. The molecule has 0 radical (unpaired) electrons. The molecular weight excluding hydrogens is 256 g/mol. The molecule has 1 fully saturated rings. The molecule has 1 saturated carbocycles. The second kappa shape index (κ2) is 6.61. The largest absolute Gasteiger partial charge is 0.508 e. The van der Waals surface area contributed by atoms with Crippen LogP contribution < -0.4 is 11.1 Å². The second-order valence-electron chi connectivity index (χ2n) is 5.45. The minimum absolute atomic E-state index is 0.0488. The number of carbonyl (C=O) groups excluding carboxylic acids is 1. The molecule has 1 aromatic rings. The Morgan fingerprint density at radius 1 is 1.20 bits per heavy atom. The van der Waals surface area contributed by atoms with E-state index in [4.69, 9.17) is 5.73 Å². The lowest BCUT2D eigenvalue weighted by molar-refractivity contribution is 0.0914. The van der Waals surface area contributed by atoms with Gasteiger partial charge in [-0.3, -0.25) is 4.79 Å². The number of aromatic hydroxyl groups is 2. The van der Waals surface area contributed by atoms with Gasteiger partial charge in [0.1, 0.15) is 11.5 Å². The molecule has 110 valence electrons. The molecule has 1 amide bonds. The van der Waals surface area contributed by atoms with E-state index < -0.39 is 0 Å². The molecule has 5 nitrogen and oxygen atoms in total. The third-order valence-corrected chi connectivity index (χ3v) is 3.95. The van der Waals surface area contributed by atoms with Gasteiger partial charge < -0.3 is 21.3 Å². The van der Waals surface area contributed by atoms with Crippen LogP contribution in [0.5, 0.6) is 11.5 Å². The average molecular weight is 278 g/mol. The predicted octanol–water partition coefficient (Wildman–Crippen LogP) is 1.74. The molecule has 5 heteroatoms. The van der Waals surface area contributed by atoms with Gasteiger partial charge in [0.25, 0.3) is 5.91 Å². The molecule has 0 bridgehead atoms. The molecule has 0 heterocycles. The summed E-state index contributed by atoms with van der Waals surface area (Å²) in [4.78, 5) is 12.2. The fourth-order valence-electron chi connectivity index (χ4n) is 2.88. The maximum atomic E-state index is 12.2. The van der Waals surface area contributed by atoms with Crippen molar-refractivity contribution in [2.24, 2.45) is 11.7 Å². The first-order valence-corrected chi connectivity index (χ1v) is 7.14. The number of carbonyl (C=O) groups is 1. The van der Waals surface area contributed by atoms with Gasteiger partial charge in [0.15, 0.2) is 0 Å². The summed E-state index contributed by atoms with van der Waals surface area (Å²) in [5.41, 5.74) is 6.02. The van der Waals surface area contributed by atoms with Gasteiger partial charge >= 0.3 is 0 Å². The Balaban J connectivity index is 2.04. The van der Waals surface area contributed by atoms with E-state index in [-0.39, 0.29) is 29.0 Å². The number of phenols is 2. The van der Waals surface area contributed by atoms with E-state index in [1.165, 1.54) is 37.5 Å². The molecule has 1 aliphatic rings. The monoisotopic (exact) mass is 278 g/mol. The predicted molar refractivity (Wildman–Crippen MR) is 76.7 cm³/mol. The molecule has 2 rings (SSSR count). The molecular formula is C15H22N2O3. The van der Waals surface area contributed by atoms with Crippen LogP contribution in [0.2, 0.25) is 0 Å². The number of benzene rings is 1. The third kappa shape index (κ3) is 3.63. The summed E-state index contributed by atoms with van der Waals surface area (Å²) in [7, 11) is 0. The van der Waals surface area contributed by atoms with Gasteiger partial charge in [-0.05, 0) is 30.9 Å². The Bertz CT molecular complexity index is 450. The number of hydrogen-bond acceptors (Lipinski definition) is 4. The van der Waals surface area contributed by atoms with Crippen molar-refractivity contribution in [3.8, 4) is 11.5 Å². The summed E-state index contributed by atoms with van der Waals surface area (Å²) in [6.07, 6.45) is 5.80. The van der Waals surface area contributed by atoms with Crippen LogP contribution in [0.25, 0.3) is 0 Å². The number of rotatable bonds is 4. The first-order chi connectivity index (χ1) is 9.60. The highest BCUT2D eigenvalue weighted by atomic mass is 16.3. The van der Waals surface area contributed by atoms with Gasteiger partial charge in [-0.15, -0.1) is 0 Å². The van der Waals surface area contributed by atoms with Crippen LogP contribution in [0.1, 0.15) is 42.5 Å². The molecule has 5 N–H and O–H groups in total. The lowest BCUT2D eigenvalue weighted by Crippen LogP contribution is -2.45. The summed E-state index contributed by atoms with van der Waals surface area (Å²) in [6.45, 7) is 0.404. The van der Waals surface area contributed by atoms with E-state index in [0.29, 0.717) is 12.5 Å². The Morgan fingerprint density at radius 3 is 2.35 bits per heavy atom. The van der Waals surface area contributed by atoms with Crippen molar-refractivity contribution in [1.82, 2.24) is 5.32 Å². The summed E-state index contributed by atoms with van der Waals surface area (Å²) in [5, 5.41) is 21.8. The smallest absolute Gasteiger partial charge is 0.251 e. The molecule has 0 aromatic heterocycles. The lowest BCUT2D eigenvalue weighted by Gasteiger charge is -2.30. The minimum atomic E-state index is -0.308. The number of nitrogens with two attached hydrogens (primary N) is 1. The van der Waals surface area contributed by atoms with Crippen LogP contribution in [-0.4, -0.2) is 28.7 Å². The first kappa shape index (κ1) is 14.7. The first-order valence-electron chi connectivity index (χ1n) is 7.14. The quantitative estimate of drug-likeness (QED) is 0.674. The van der Waals surface area contributed by atoms with E-state index in [1.807, 2.05) is 0 Å². The highest BCUT2D eigenvalue weighted by molar-refractivity contribution is 5.95. The summed E-state index contributed by atoms with van der Waals surface area (Å²) in [5.74, 6) is -0.143. The van der Waals surface area contributed by atoms with Crippen molar-refractivity contribution in [3.63, 3.8) is 0 Å². The molecule has 1 unspecified atom stereocenters. The Morgan fingerprint density at radius 2 is 1.80 bits per heavy atom. The van der Waals surface area contributed by atoms with Gasteiger partial charge in [-0.1, -0.05) is 19.3 Å². The van der Waals surface area contributed by atoms with E-state index in [0.717, 1.165) is 12.8 Å². The van der Waals surface area contributed by atoms with Crippen molar-refractivity contribution >= 4 is 5.91 Å². The highest BCUT2D eigenvalue weighted by Gasteiger charge is 2.24. The normalized spacial score (nSPS) is 17.6. The van der Waals surface area contributed by atoms with Crippen LogP contribution in [0.4, 0.5) is 0 Å². The molecule has 0 saturated heterocycles. The van der Waals surface area contributed by atoms with Crippen molar-refractivity contribution in [2.75, 3.05) is 6.54 Å². The molecule has 1 aliphatic carbocycles. The number of nitrogens with one attached hydrogen (secondary N) is 1. The third-order valence-electron chi connectivity index (χ3n) is 3.95. The van der Waals surface area contributed by atoms with Gasteiger partial charge in [-0.25, -0.2) is 0 Å². The van der Waals surface area contributed by atoms with Crippen molar-refractivity contribution in [2.45, 2.75) is 38.1 Å². The van der Waals surface area contributed by atoms with Gasteiger partial charge in [-0.2, -0.15) is 0 Å². The van der Waals surface area contributed by atoms with Gasteiger partial charge in [0.2, 0.25) is 0 Å². The summed E-state index contributed by atoms with van der Waals surface area (Å²) >= 11 is 0. The summed E-state index contributed by atoms with van der Waals surface area (Å²) in [6, 6.07) is 3.82. The van der Waals surface area contributed by atoms with Crippen LogP contribution >= 0.6 is 0 Å². The average Bonchev–Trinajstić information content (AvgIpc) is 2.44. The van der Waals surface area contributed by atoms with Crippen molar-refractivity contribution in [1.29, 1.82) is 0 Å². The number of hydrogen-bond donors (Lipinski definition) is 4. The second-order valence-corrected chi connectivity index (χ2v) is 5.45. The zero-order valence-electron chi connectivity index (χ0n) is 11.5. The number of phenolic OH excluding ortho intramolecular Hbond substituents is 2. The molecule has 20 heavy (non-hydrogen) atoms. The fourth-order valence-corrected chi connectivity index (χ4v) is 2.88. The lowest BCUT2D eigenvalue weighted by atomic mass is 9.84. The molecule has 1 atom stereocenters.